The van der Waals surface area contributed by atoms with Crippen LogP contribution >= 0.6 is 0 Å². The van der Waals surface area contributed by atoms with Crippen molar-refractivity contribution >= 4 is 10.0 Å². The minimum absolute atomic E-state index is 0.0375. The highest BCUT2D eigenvalue weighted by Gasteiger charge is 2.10. The van der Waals surface area contributed by atoms with E-state index in [1.807, 2.05) is 18.2 Å². The van der Waals surface area contributed by atoms with E-state index in [1.54, 1.807) is 14.2 Å². The van der Waals surface area contributed by atoms with E-state index >= 15 is 0 Å². The monoisotopic (exact) mass is 288 g/mol. The molecule has 1 rings (SSSR count). The van der Waals surface area contributed by atoms with Crippen LogP contribution in [0.3, 0.4) is 0 Å². The Morgan fingerprint density at radius 1 is 1.21 bits per heavy atom. The molecule has 108 valence electrons. The molecule has 19 heavy (non-hydrogen) atoms. The summed E-state index contributed by atoms with van der Waals surface area (Å²) in [6.07, 6.45) is 0. The first-order valence-electron chi connectivity index (χ1n) is 5.86. The van der Waals surface area contributed by atoms with Crippen LogP contribution in [0.1, 0.15) is 5.56 Å². The molecule has 0 spiro atoms. The predicted molar refractivity (Wildman–Crippen MR) is 74.1 cm³/mol. The van der Waals surface area contributed by atoms with E-state index in [-0.39, 0.29) is 5.75 Å². The third-order valence-corrected chi connectivity index (χ3v) is 4.02. The van der Waals surface area contributed by atoms with Gasteiger partial charge in [-0.15, -0.1) is 0 Å². The molecule has 0 atom stereocenters. The lowest BCUT2D eigenvalue weighted by Gasteiger charge is -2.13. The number of benzene rings is 1. The van der Waals surface area contributed by atoms with E-state index in [9.17, 15) is 8.42 Å². The van der Waals surface area contributed by atoms with Gasteiger partial charge in [-0.1, -0.05) is 12.1 Å². The van der Waals surface area contributed by atoms with Gasteiger partial charge < -0.3 is 14.8 Å². The molecule has 0 amide bonds. The fraction of sp³-hybridized carbons (Fsp3) is 0.500. The summed E-state index contributed by atoms with van der Waals surface area (Å²) in [6, 6.07) is 5.58. The first-order chi connectivity index (χ1) is 9.04. The molecule has 6 nitrogen and oxygen atoms in total. The minimum atomic E-state index is -3.17. The van der Waals surface area contributed by atoms with Crippen molar-refractivity contribution in [3.05, 3.63) is 23.8 Å². The number of ether oxygens (including phenoxy) is 2. The summed E-state index contributed by atoms with van der Waals surface area (Å²) in [5.74, 6) is 1.36. The van der Waals surface area contributed by atoms with Crippen molar-refractivity contribution in [2.45, 2.75) is 6.54 Å². The zero-order valence-corrected chi connectivity index (χ0v) is 12.2. The molecule has 2 N–H and O–H groups in total. The third kappa shape index (κ3) is 4.70. The van der Waals surface area contributed by atoms with E-state index < -0.39 is 10.0 Å². The molecule has 0 unspecified atom stereocenters. The fourth-order valence-electron chi connectivity index (χ4n) is 1.62. The molecule has 0 aromatic heterocycles. The maximum Gasteiger partial charge on any atom is 0.212 e. The number of para-hydroxylation sites is 1. The zero-order chi connectivity index (χ0) is 14.3. The Labute approximate surface area is 114 Å². The van der Waals surface area contributed by atoms with Gasteiger partial charge in [-0.05, 0) is 13.1 Å². The molecular weight excluding hydrogens is 268 g/mol. The molecular formula is C12H20N2O4S. The van der Waals surface area contributed by atoms with E-state index in [2.05, 4.69) is 10.0 Å². The molecule has 0 aliphatic rings. The quantitative estimate of drug-likeness (QED) is 0.675. The fourth-order valence-corrected chi connectivity index (χ4v) is 2.24. The molecule has 0 saturated heterocycles. The van der Waals surface area contributed by atoms with Crippen LogP contribution in [0.4, 0.5) is 0 Å². The van der Waals surface area contributed by atoms with Gasteiger partial charge in [0.1, 0.15) is 0 Å². The number of nitrogens with one attached hydrogen (secondary N) is 2. The minimum Gasteiger partial charge on any atom is -0.493 e. The van der Waals surface area contributed by atoms with Gasteiger partial charge in [0.25, 0.3) is 0 Å². The summed E-state index contributed by atoms with van der Waals surface area (Å²) in [4.78, 5) is 0. The Bertz CT molecular complexity index is 502. The molecule has 1 aromatic rings. The highest BCUT2D eigenvalue weighted by Crippen LogP contribution is 2.30. The summed E-state index contributed by atoms with van der Waals surface area (Å²) in [5.41, 5.74) is 0.920. The number of hydrogen-bond donors (Lipinski definition) is 2. The maximum atomic E-state index is 11.2. The lowest BCUT2D eigenvalue weighted by Crippen LogP contribution is -2.29. The van der Waals surface area contributed by atoms with Crippen molar-refractivity contribution in [1.29, 1.82) is 0 Å². The van der Waals surface area contributed by atoms with Crippen molar-refractivity contribution in [3.8, 4) is 11.5 Å². The molecule has 7 heteroatoms. The molecule has 0 saturated carbocycles. The second-order valence-corrected chi connectivity index (χ2v) is 5.90. The maximum absolute atomic E-state index is 11.2. The van der Waals surface area contributed by atoms with E-state index in [0.717, 1.165) is 5.56 Å². The largest absolute Gasteiger partial charge is 0.493 e. The van der Waals surface area contributed by atoms with Crippen LogP contribution in [0.5, 0.6) is 11.5 Å². The van der Waals surface area contributed by atoms with Gasteiger partial charge in [-0.25, -0.2) is 13.1 Å². The Hall–Kier alpha value is -1.31. The van der Waals surface area contributed by atoms with Gasteiger partial charge in [0.2, 0.25) is 10.0 Å². The number of methoxy groups -OCH3 is 2. The van der Waals surface area contributed by atoms with E-state index in [4.69, 9.17) is 9.47 Å². The highest BCUT2D eigenvalue weighted by molar-refractivity contribution is 7.89. The van der Waals surface area contributed by atoms with Crippen LogP contribution in [-0.4, -0.2) is 42.0 Å². The molecule has 1 aromatic carbocycles. The van der Waals surface area contributed by atoms with Crippen molar-refractivity contribution in [1.82, 2.24) is 10.0 Å². The predicted octanol–water partition coefficient (Wildman–Crippen LogP) is 0.343. The lowest BCUT2D eigenvalue weighted by molar-refractivity contribution is 0.351. The van der Waals surface area contributed by atoms with Crippen LogP contribution in [0.25, 0.3) is 0 Å². The summed E-state index contributed by atoms with van der Waals surface area (Å²) in [5, 5.41) is 3.06. The second kappa shape index (κ2) is 7.32. The smallest absolute Gasteiger partial charge is 0.212 e. The Kier molecular flexibility index (Phi) is 6.07. The molecule has 0 fully saturated rings. The molecule has 0 aliphatic heterocycles. The topological polar surface area (TPSA) is 76.7 Å². The first kappa shape index (κ1) is 15.7. The standard InChI is InChI=1S/C12H20N2O4S/c1-13-19(15,16)8-7-14-9-10-5-4-6-11(17-2)12(10)18-3/h4-6,13-14H,7-9H2,1-3H3. The average Bonchev–Trinajstić information content (AvgIpc) is 2.43. The van der Waals surface area contributed by atoms with E-state index in [1.165, 1.54) is 7.05 Å². The van der Waals surface area contributed by atoms with Gasteiger partial charge >= 0.3 is 0 Å². The van der Waals surface area contributed by atoms with Gasteiger partial charge in [-0.3, -0.25) is 0 Å². The molecule has 0 radical (unpaired) electrons. The number of sulfonamides is 1. The highest BCUT2D eigenvalue weighted by atomic mass is 32.2. The Balaban J connectivity index is 2.59. The van der Waals surface area contributed by atoms with Crippen LogP contribution in [0, 0.1) is 0 Å². The normalized spacial score (nSPS) is 11.3. The molecule has 0 heterocycles. The van der Waals surface area contributed by atoms with Gasteiger partial charge in [-0.2, -0.15) is 0 Å². The van der Waals surface area contributed by atoms with Crippen molar-refractivity contribution < 1.29 is 17.9 Å². The Morgan fingerprint density at radius 2 is 1.95 bits per heavy atom. The lowest BCUT2D eigenvalue weighted by atomic mass is 10.2. The number of hydrogen-bond acceptors (Lipinski definition) is 5. The van der Waals surface area contributed by atoms with Gasteiger partial charge in [0, 0.05) is 18.7 Å². The summed E-state index contributed by atoms with van der Waals surface area (Å²) < 4.78 is 35.2. The van der Waals surface area contributed by atoms with Crippen molar-refractivity contribution in [3.63, 3.8) is 0 Å². The summed E-state index contributed by atoms with van der Waals surface area (Å²) in [6.45, 7) is 0.878. The third-order valence-electron chi connectivity index (χ3n) is 2.66. The average molecular weight is 288 g/mol. The van der Waals surface area contributed by atoms with Crippen molar-refractivity contribution in [2.75, 3.05) is 33.6 Å². The van der Waals surface area contributed by atoms with Crippen LogP contribution < -0.4 is 19.5 Å². The van der Waals surface area contributed by atoms with Crippen molar-refractivity contribution in [2.24, 2.45) is 0 Å². The van der Waals surface area contributed by atoms with Gasteiger partial charge in [0.05, 0.1) is 20.0 Å². The van der Waals surface area contributed by atoms with Crippen LogP contribution in [-0.2, 0) is 16.6 Å². The Morgan fingerprint density at radius 3 is 2.53 bits per heavy atom. The van der Waals surface area contributed by atoms with Gasteiger partial charge in [0.15, 0.2) is 11.5 Å². The SMILES string of the molecule is CNS(=O)(=O)CCNCc1cccc(OC)c1OC. The van der Waals surface area contributed by atoms with Crippen LogP contribution in [0.2, 0.25) is 0 Å². The summed E-state index contributed by atoms with van der Waals surface area (Å²) in [7, 11) is 1.39. The number of rotatable bonds is 8. The summed E-state index contributed by atoms with van der Waals surface area (Å²) >= 11 is 0. The second-order valence-electron chi connectivity index (χ2n) is 3.85. The molecule has 0 bridgehead atoms. The molecule has 0 aliphatic carbocycles. The first-order valence-corrected chi connectivity index (χ1v) is 7.51. The van der Waals surface area contributed by atoms with E-state index in [0.29, 0.717) is 24.6 Å². The zero-order valence-electron chi connectivity index (χ0n) is 11.4. The van der Waals surface area contributed by atoms with Crippen LogP contribution in [0.15, 0.2) is 18.2 Å².